The normalized spacial score (nSPS) is 12.1. The number of hydrogen-bond donors (Lipinski definition) is 0. The van der Waals surface area contributed by atoms with E-state index in [1.54, 1.807) is 20.8 Å². The van der Waals surface area contributed by atoms with Crippen molar-refractivity contribution >= 4 is 11.9 Å². The molecular weight excluding hydrogens is 236 g/mol. The highest BCUT2D eigenvalue weighted by Gasteiger charge is 2.14. The zero-order chi connectivity index (χ0) is 14.1. The van der Waals surface area contributed by atoms with E-state index in [2.05, 4.69) is 6.58 Å². The average molecular weight is 258 g/mol. The van der Waals surface area contributed by atoms with Crippen LogP contribution in [0.4, 0.5) is 0 Å². The summed E-state index contributed by atoms with van der Waals surface area (Å²) in [7, 11) is 1.52. The van der Waals surface area contributed by atoms with Crippen LogP contribution in [0.15, 0.2) is 12.2 Å². The van der Waals surface area contributed by atoms with Gasteiger partial charge >= 0.3 is 11.9 Å². The molecule has 0 saturated heterocycles. The van der Waals surface area contributed by atoms with Gasteiger partial charge in [0, 0.05) is 19.1 Å². The molecule has 0 aliphatic rings. The average Bonchev–Trinajstić information content (AvgIpc) is 2.32. The number of ether oxygens (including phenoxy) is 3. The number of esters is 2. The van der Waals surface area contributed by atoms with Crippen LogP contribution in [0.3, 0.4) is 0 Å². The van der Waals surface area contributed by atoms with Crippen molar-refractivity contribution in [3.8, 4) is 0 Å². The molecular formula is C13H22O5. The molecule has 0 amide bonds. The van der Waals surface area contributed by atoms with Gasteiger partial charge in [0.2, 0.25) is 0 Å². The monoisotopic (exact) mass is 258 g/mol. The van der Waals surface area contributed by atoms with Crippen molar-refractivity contribution in [2.24, 2.45) is 5.92 Å². The highest BCUT2D eigenvalue weighted by molar-refractivity contribution is 5.86. The zero-order valence-corrected chi connectivity index (χ0v) is 11.5. The van der Waals surface area contributed by atoms with E-state index in [1.807, 2.05) is 0 Å². The van der Waals surface area contributed by atoms with Gasteiger partial charge in [-0.05, 0) is 6.92 Å². The fourth-order valence-corrected chi connectivity index (χ4v) is 1.02. The maximum atomic E-state index is 11.3. The first-order valence-electron chi connectivity index (χ1n) is 5.90. The minimum atomic E-state index is -0.427. The van der Waals surface area contributed by atoms with Gasteiger partial charge in [0.15, 0.2) is 0 Å². The summed E-state index contributed by atoms with van der Waals surface area (Å²) in [6.45, 7) is 8.96. The standard InChI is InChI=1S/C13H22O5/c1-9(2)12(14)17-7-6-11(16-5)8-18-13(15)10(3)4/h10-11H,1,6-8H2,2-5H3. The van der Waals surface area contributed by atoms with Gasteiger partial charge in [-0.25, -0.2) is 4.79 Å². The molecule has 0 bridgehead atoms. The SMILES string of the molecule is C=C(C)C(=O)OCCC(COC(=O)C(C)C)OC. The molecule has 104 valence electrons. The smallest absolute Gasteiger partial charge is 0.333 e. The minimum Gasteiger partial charge on any atom is -0.463 e. The summed E-state index contributed by atoms with van der Waals surface area (Å²) < 4.78 is 15.1. The van der Waals surface area contributed by atoms with E-state index in [4.69, 9.17) is 14.2 Å². The van der Waals surface area contributed by atoms with Crippen molar-refractivity contribution in [2.75, 3.05) is 20.3 Å². The van der Waals surface area contributed by atoms with Crippen molar-refractivity contribution in [1.29, 1.82) is 0 Å². The lowest BCUT2D eigenvalue weighted by atomic mass is 10.2. The lowest BCUT2D eigenvalue weighted by molar-refractivity contribution is -0.152. The fourth-order valence-electron chi connectivity index (χ4n) is 1.02. The van der Waals surface area contributed by atoms with Gasteiger partial charge in [0.05, 0.1) is 18.6 Å². The maximum Gasteiger partial charge on any atom is 0.333 e. The zero-order valence-electron chi connectivity index (χ0n) is 11.5. The molecule has 5 heteroatoms. The first-order valence-corrected chi connectivity index (χ1v) is 5.90. The highest BCUT2D eigenvalue weighted by atomic mass is 16.6. The summed E-state index contributed by atoms with van der Waals surface area (Å²) in [5, 5.41) is 0. The maximum absolute atomic E-state index is 11.3. The summed E-state index contributed by atoms with van der Waals surface area (Å²) in [6, 6.07) is 0. The van der Waals surface area contributed by atoms with Crippen LogP contribution >= 0.6 is 0 Å². The number of hydrogen-bond acceptors (Lipinski definition) is 5. The molecule has 5 nitrogen and oxygen atoms in total. The summed E-state index contributed by atoms with van der Waals surface area (Å²) >= 11 is 0. The van der Waals surface area contributed by atoms with Crippen LogP contribution < -0.4 is 0 Å². The molecule has 0 spiro atoms. The van der Waals surface area contributed by atoms with E-state index >= 15 is 0 Å². The van der Waals surface area contributed by atoms with Gasteiger partial charge in [-0.15, -0.1) is 0 Å². The molecule has 0 radical (unpaired) electrons. The predicted octanol–water partition coefficient (Wildman–Crippen LogP) is 1.71. The summed E-state index contributed by atoms with van der Waals surface area (Å²) in [6.07, 6.45) is 0.201. The first kappa shape index (κ1) is 16.6. The third-order valence-electron chi connectivity index (χ3n) is 2.24. The number of carbonyl (C=O) groups excluding carboxylic acids is 2. The predicted molar refractivity (Wildman–Crippen MR) is 67.0 cm³/mol. The van der Waals surface area contributed by atoms with E-state index in [9.17, 15) is 9.59 Å². The Morgan fingerprint density at radius 3 is 2.28 bits per heavy atom. The minimum absolute atomic E-state index is 0.163. The molecule has 0 fully saturated rings. The molecule has 1 atom stereocenters. The second-order valence-electron chi connectivity index (χ2n) is 4.35. The molecule has 0 aliphatic heterocycles. The lowest BCUT2D eigenvalue weighted by Crippen LogP contribution is -2.25. The topological polar surface area (TPSA) is 61.8 Å². The van der Waals surface area contributed by atoms with Gasteiger partial charge in [-0.2, -0.15) is 0 Å². The van der Waals surface area contributed by atoms with Gasteiger partial charge in [0.1, 0.15) is 6.61 Å². The first-order chi connectivity index (χ1) is 8.38. The Morgan fingerprint density at radius 2 is 1.83 bits per heavy atom. The number of rotatable bonds is 8. The Hall–Kier alpha value is -1.36. The second-order valence-corrected chi connectivity index (χ2v) is 4.35. The molecule has 0 rings (SSSR count). The highest BCUT2D eigenvalue weighted by Crippen LogP contribution is 2.03. The third-order valence-corrected chi connectivity index (χ3v) is 2.24. The molecule has 18 heavy (non-hydrogen) atoms. The summed E-state index contributed by atoms with van der Waals surface area (Å²) in [5.41, 5.74) is 0.357. The van der Waals surface area contributed by atoms with Crippen LogP contribution in [-0.4, -0.2) is 38.4 Å². The van der Waals surface area contributed by atoms with E-state index < -0.39 is 5.97 Å². The second kappa shape index (κ2) is 8.69. The summed E-state index contributed by atoms with van der Waals surface area (Å²) in [4.78, 5) is 22.4. The number of carbonyl (C=O) groups is 2. The summed E-state index contributed by atoms with van der Waals surface area (Å²) in [5.74, 6) is -0.858. The largest absolute Gasteiger partial charge is 0.463 e. The quantitative estimate of drug-likeness (QED) is 0.490. The Balaban J connectivity index is 3.87. The van der Waals surface area contributed by atoms with Gasteiger partial charge in [-0.3, -0.25) is 4.79 Å². The van der Waals surface area contributed by atoms with E-state index in [-0.39, 0.29) is 31.2 Å². The molecule has 0 aliphatic carbocycles. The van der Waals surface area contributed by atoms with Crippen molar-refractivity contribution in [3.05, 3.63) is 12.2 Å². The van der Waals surface area contributed by atoms with Crippen molar-refractivity contribution in [3.63, 3.8) is 0 Å². The van der Waals surface area contributed by atoms with E-state index in [1.165, 1.54) is 7.11 Å². The van der Waals surface area contributed by atoms with Crippen molar-refractivity contribution in [1.82, 2.24) is 0 Å². The van der Waals surface area contributed by atoms with Crippen molar-refractivity contribution in [2.45, 2.75) is 33.3 Å². The fraction of sp³-hybridized carbons (Fsp3) is 0.692. The van der Waals surface area contributed by atoms with Gasteiger partial charge in [-0.1, -0.05) is 20.4 Å². The molecule has 0 saturated carbocycles. The Kier molecular flexibility index (Phi) is 8.03. The lowest BCUT2D eigenvalue weighted by Gasteiger charge is -2.16. The van der Waals surface area contributed by atoms with E-state index in [0.717, 1.165) is 0 Å². The molecule has 0 aromatic carbocycles. The van der Waals surface area contributed by atoms with Crippen LogP contribution in [0.1, 0.15) is 27.2 Å². The van der Waals surface area contributed by atoms with Crippen LogP contribution in [0.2, 0.25) is 0 Å². The molecule has 0 aromatic heterocycles. The van der Waals surface area contributed by atoms with Gasteiger partial charge < -0.3 is 14.2 Å². The van der Waals surface area contributed by atoms with E-state index in [0.29, 0.717) is 12.0 Å². The number of methoxy groups -OCH3 is 1. The molecule has 0 heterocycles. The van der Waals surface area contributed by atoms with Crippen LogP contribution in [0.25, 0.3) is 0 Å². The van der Waals surface area contributed by atoms with Gasteiger partial charge in [0.25, 0.3) is 0 Å². The van der Waals surface area contributed by atoms with Crippen LogP contribution in [0.5, 0.6) is 0 Å². The molecule has 0 aromatic rings. The Labute approximate surface area is 108 Å². The van der Waals surface area contributed by atoms with Crippen molar-refractivity contribution < 1.29 is 23.8 Å². The Bertz CT molecular complexity index is 296. The van der Waals surface area contributed by atoms with Crippen LogP contribution in [-0.2, 0) is 23.8 Å². The molecule has 0 N–H and O–H groups in total. The van der Waals surface area contributed by atoms with Crippen LogP contribution in [0, 0.1) is 5.92 Å². The third kappa shape index (κ3) is 7.06. The Morgan fingerprint density at radius 1 is 1.22 bits per heavy atom. The molecule has 1 unspecified atom stereocenters.